The van der Waals surface area contributed by atoms with E-state index >= 15 is 0 Å². The van der Waals surface area contributed by atoms with Gasteiger partial charge in [-0.2, -0.15) is 0 Å². The lowest BCUT2D eigenvalue weighted by atomic mass is 9.74. The Labute approximate surface area is 173 Å². The third kappa shape index (κ3) is 2.74. The number of ketones is 1. The van der Waals surface area contributed by atoms with E-state index in [1.54, 1.807) is 0 Å². The van der Waals surface area contributed by atoms with E-state index in [0.717, 1.165) is 10.1 Å². The first-order valence-corrected chi connectivity index (χ1v) is 10.7. The number of ether oxygens (including phenoxy) is 1. The van der Waals surface area contributed by atoms with Crippen LogP contribution >= 0.6 is 11.3 Å². The number of fused-ring (bicyclic) bond motifs is 2. The summed E-state index contributed by atoms with van der Waals surface area (Å²) in [6.07, 6.45) is 1.25. The quantitative estimate of drug-likeness (QED) is 0.651. The highest BCUT2D eigenvalue weighted by molar-refractivity contribution is 7.23. The molecule has 0 aliphatic carbocycles. The minimum Gasteiger partial charge on any atom is -0.486 e. The Morgan fingerprint density at radius 3 is 2.62 bits per heavy atom. The molecule has 1 unspecified atom stereocenters. The predicted molar refractivity (Wildman–Crippen MR) is 115 cm³/mol. The number of carbonyl (C=O) groups excluding carboxylic acids is 2. The Hall–Kier alpha value is -2.86. The highest BCUT2D eigenvalue weighted by atomic mass is 32.1. The van der Waals surface area contributed by atoms with Crippen LogP contribution < -0.4 is 10.5 Å². The van der Waals surface area contributed by atoms with Crippen LogP contribution in [0.3, 0.4) is 0 Å². The van der Waals surface area contributed by atoms with Gasteiger partial charge in [0.1, 0.15) is 11.4 Å². The summed E-state index contributed by atoms with van der Waals surface area (Å²) in [6.45, 7) is 3.03. The molecular formula is C23H22N2O3S. The second-order valence-corrected chi connectivity index (χ2v) is 8.96. The first-order chi connectivity index (χ1) is 14.0. The van der Waals surface area contributed by atoms with Crippen molar-refractivity contribution in [1.82, 2.24) is 4.90 Å². The molecule has 6 heteroatoms. The molecule has 0 radical (unpaired) electrons. The summed E-state index contributed by atoms with van der Waals surface area (Å²) < 4.78 is 7.40. The van der Waals surface area contributed by atoms with Gasteiger partial charge in [-0.15, -0.1) is 11.3 Å². The Morgan fingerprint density at radius 2 is 1.83 bits per heavy atom. The minimum atomic E-state index is -0.551. The highest BCUT2D eigenvalue weighted by Crippen LogP contribution is 2.43. The molecule has 5 rings (SSSR count). The van der Waals surface area contributed by atoms with E-state index in [2.05, 4.69) is 0 Å². The molecule has 1 saturated heterocycles. The zero-order valence-corrected chi connectivity index (χ0v) is 17.0. The van der Waals surface area contributed by atoms with Gasteiger partial charge >= 0.3 is 0 Å². The summed E-state index contributed by atoms with van der Waals surface area (Å²) in [5.74, 6) is 0.509. The van der Waals surface area contributed by atoms with Gasteiger partial charge in [0.25, 0.3) is 5.91 Å². The van der Waals surface area contributed by atoms with Gasteiger partial charge in [-0.1, -0.05) is 37.3 Å². The van der Waals surface area contributed by atoms with Crippen molar-refractivity contribution in [2.75, 3.05) is 18.8 Å². The van der Waals surface area contributed by atoms with E-state index < -0.39 is 5.60 Å². The van der Waals surface area contributed by atoms with Gasteiger partial charge in [-0.05, 0) is 18.2 Å². The summed E-state index contributed by atoms with van der Waals surface area (Å²) in [6, 6.07) is 15.2. The third-order valence-corrected chi connectivity index (χ3v) is 7.38. The monoisotopic (exact) mass is 406 g/mol. The van der Waals surface area contributed by atoms with Crippen molar-refractivity contribution in [3.8, 4) is 5.75 Å². The number of nitrogen functional groups attached to an aromatic ring is 1. The fourth-order valence-corrected chi connectivity index (χ4v) is 5.57. The van der Waals surface area contributed by atoms with Crippen LogP contribution in [-0.4, -0.2) is 35.3 Å². The van der Waals surface area contributed by atoms with Crippen LogP contribution in [0.4, 0.5) is 5.00 Å². The van der Waals surface area contributed by atoms with E-state index in [4.69, 9.17) is 10.5 Å². The summed E-state index contributed by atoms with van der Waals surface area (Å²) in [4.78, 5) is 28.0. The SMILES string of the molecule is CC1C(=O)c2ccccc2OC12CCN(C(=O)c1c(N)sc3ccccc13)CC2. The van der Waals surface area contributed by atoms with Crippen LogP contribution in [0.25, 0.3) is 10.1 Å². The summed E-state index contributed by atoms with van der Waals surface area (Å²) in [5, 5.41) is 1.47. The van der Waals surface area contributed by atoms with Crippen molar-refractivity contribution in [2.24, 2.45) is 5.92 Å². The van der Waals surface area contributed by atoms with Gasteiger partial charge in [0.2, 0.25) is 0 Å². The number of nitrogens with two attached hydrogens (primary N) is 1. The minimum absolute atomic E-state index is 0.0370. The highest BCUT2D eigenvalue weighted by Gasteiger charge is 2.49. The molecule has 2 aliphatic rings. The molecule has 1 spiro atoms. The van der Waals surface area contributed by atoms with Crippen LogP contribution in [0.5, 0.6) is 5.75 Å². The van der Waals surface area contributed by atoms with Crippen molar-refractivity contribution < 1.29 is 14.3 Å². The molecule has 2 N–H and O–H groups in total. The van der Waals surface area contributed by atoms with Crippen LogP contribution in [0.15, 0.2) is 48.5 Å². The van der Waals surface area contributed by atoms with Gasteiger partial charge in [-0.3, -0.25) is 9.59 Å². The average Bonchev–Trinajstić information content (AvgIpc) is 3.08. The van der Waals surface area contributed by atoms with Gasteiger partial charge in [0.15, 0.2) is 5.78 Å². The van der Waals surface area contributed by atoms with E-state index in [9.17, 15) is 9.59 Å². The van der Waals surface area contributed by atoms with E-state index in [-0.39, 0.29) is 17.6 Å². The molecule has 1 fully saturated rings. The Bertz CT molecular complexity index is 1130. The topological polar surface area (TPSA) is 72.6 Å². The maximum absolute atomic E-state index is 13.3. The molecule has 2 aliphatic heterocycles. The van der Waals surface area contributed by atoms with Gasteiger partial charge < -0.3 is 15.4 Å². The third-order valence-electron chi connectivity index (χ3n) is 6.38. The molecule has 2 aromatic carbocycles. The number of Topliss-reactive ketones (excluding diaryl/α,β-unsaturated/α-hetero) is 1. The molecular weight excluding hydrogens is 384 g/mol. The first-order valence-electron chi connectivity index (χ1n) is 9.89. The fraction of sp³-hybridized carbons (Fsp3) is 0.304. The number of piperidine rings is 1. The summed E-state index contributed by atoms with van der Waals surface area (Å²) >= 11 is 1.45. The maximum atomic E-state index is 13.3. The smallest absolute Gasteiger partial charge is 0.257 e. The number of carbonyl (C=O) groups is 2. The Morgan fingerprint density at radius 1 is 1.14 bits per heavy atom. The number of hydrogen-bond donors (Lipinski definition) is 1. The molecule has 0 saturated carbocycles. The molecule has 5 nitrogen and oxygen atoms in total. The normalized spacial score (nSPS) is 20.5. The van der Waals surface area contributed by atoms with Crippen LogP contribution in [0, 0.1) is 5.92 Å². The van der Waals surface area contributed by atoms with Crippen LogP contribution in [0.2, 0.25) is 0 Å². The molecule has 1 aromatic heterocycles. The number of anilines is 1. The average molecular weight is 407 g/mol. The molecule has 0 bridgehead atoms. The number of rotatable bonds is 1. The Balaban J connectivity index is 1.40. The van der Waals surface area contributed by atoms with Crippen molar-refractivity contribution in [3.63, 3.8) is 0 Å². The lowest BCUT2D eigenvalue weighted by Gasteiger charge is -2.47. The number of likely N-dealkylation sites (tertiary alicyclic amines) is 1. The second-order valence-electron chi connectivity index (χ2n) is 7.88. The summed E-state index contributed by atoms with van der Waals surface area (Å²) in [5.41, 5.74) is 6.89. The summed E-state index contributed by atoms with van der Waals surface area (Å²) in [7, 11) is 0. The van der Waals surface area contributed by atoms with E-state index in [1.807, 2.05) is 60.4 Å². The number of para-hydroxylation sites is 1. The van der Waals surface area contributed by atoms with Gasteiger partial charge in [-0.25, -0.2) is 0 Å². The largest absolute Gasteiger partial charge is 0.486 e. The Kier molecular flexibility index (Phi) is 4.13. The molecule has 29 heavy (non-hydrogen) atoms. The maximum Gasteiger partial charge on any atom is 0.257 e. The molecule has 1 amide bonds. The van der Waals surface area contributed by atoms with Crippen molar-refractivity contribution in [3.05, 3.63) is 59.7 Å². The molecule has 3 heterocycles. The van der Waals surface area contributed by atoms with Crippen LogP contribution in [-0.2, 0) is 0 Å². The first kappa shape index (κ1) is 18.2. The predicted octanol–water partition coefficient (Wildman–Crippen LogP) is 4.37. The second kappa shape index (κ2) is 6.59. The number of nitrogens with zero attached hydrogens (tertiary/aromatic N) is 1. The zero-order valence-electron chi connectivity index (χ0n) is 16.2. The van der Waals surface area contributed by atoms with Crippen LogP contribution in [0.1, 0.15) is 40.5 Å². The molecule has 1 atom stereocenters. The van der Waals surface area contributed by atoms with E-state index in [0.29, 0.717) is 47.8 Å². The zero-order chi connectivity index (χ0) is 20.2. The van der Waals surface area contributed by atoms with Gasteiger partial charge in [0, 0.05) is 36.0 Å². The van der Waals surface area contributed by atoms with E-state index in [1.165, 1.54) is 11.3 Å². The number of thiophene rings is 1. The number of benzene rings is 2. The number of hydrogen-bond acceptors (Lipinski definition) is 5. The lowest BCUT2D eigenvalue weighted by molar-refractivity contribution is -0.0344. The van der Waals surface area contributed by atoms with Crippen molar-refractivity contribution in [2.45, 2.75) is 25.4 Å². The number of amides is 1. The van der Waals surface area contributed by atoms with Crippen molar-refractivity contribution in [1.29, 1.82) is 0 Å². The van der Waals surface area contributed by atoms with Gasteiger partial charge in [0.05, 0.1) is 22.0 Å². The molecule has 148 valence electrons. The van der Waals surface area contributed by atoms with Crippen molar-refractivity contribution >= 4 is 38.1 Å². The fourth-order valence-electron chi connectivity index (χ4n) is 4.61. The standard InChI is InChI=1S/C23H22N2O3S/c1-14-20(26)15-6-2-4-8-17(15)28-23(14)10-12-25(13-11-23)22(27)19-16-7-3-5-9-18(16)29-21(19)24/h2-9,14H,10-13,24H2,1H3. The molecule has 3 aromatic rings. The lowest BCUT2D eigenvalue weighted by Crippen LogP contribution is -2.56.